The molecule has 2 heterocycles. The Kier molecular flexibility index (Phi) is 8.86. The second-order valence-corrected chi connectivity index (χ2v) is 5.79. The molecule has 1 aliphatic rings. The van der Waals surface area contributed by atoms with Gasteiger partial charge in [-0.15, -0.1) is 24.8 Å². The summed E-state index contributed by atoms with van der Waals surface area (Å²) in [4.78, 5) is 16.2. The standard InChI is InChI=1S/C15H23N3O.2ClH/c1-12(13-4-3-7-17-10-13)14(19)18-11-15(2)5-8-16-9-6-15;;/h3-4,7,10,12,16H,5-6,8-9,11H2,1-2H3,(H,18,19);2*1H. The molecule has 1 fully saturated rings. The normalized spacial score (nSPS) is 17.8. The molecular formula is C15H25Cl2N3O. The van der Waals surface area contributed by atoms with Gasteiger partial charge in [0, 0.05) is 18.9 Å². The van der Waals surface area contributed by atoms with Crippen LogP contribution in [0, 0.1) is 5.41 Å². The van der Waals surface area contributed by atoms with Gasteiger partial charge < -0.3 is 10.6 Å². The zero-order valence-corrected chi connectivity index (χ0v) is 14.2. The highest BCUT2D eigenvalue weighted by Crippen LogP contribution is 2.27. The number of hydrogen-bond donors (Lipinski definition) is 2. The lowest BCUT2D eigenvalue weighted by atomic mass is 9.81. The first-order valence-corrected chi connectivity index (χ1v) is 6.99. The lowest BCUT2D eigenvalue weighted by Crippen LogP contribution is -2.43. The van der Waals surface area contributed by atoms with Gasteiger partial charge in [-0.25, -0.2) is 0 Å². The largest absolute Gasteiger partial charge is 0.355 e. The number of amides is 1. The molecule has 0 spiro atoms. The predicted octanol–water partition coefficient (Wildman–Crippen LogP) is 2.53. The van der Waals surface area contributed by atoms with Gasteiger partial charge in [-0.05, 0) is 49.9 Å². The lowest BCUT2D eigenvalue weighted by Gasteiger charge is -2.34. The first-order chi connectivity index (χ1) is 9.11. The van der Waals surface area contributed by atoms with Gasteiger partial charge in [-0.3, -0.25) is 9.78 Å². The fraction of sp³-hybridized carbons (Fsp3) is 0.600. The fourth-order valence-electron chi connectivity index (χ4n) is 2.44. The van der Waals surface area contributed by atoms with E-state index in [0.29, 0.717) is 0 Å². The number of nitrogens with one attached hydrogen (secondary N) is 2. The SMILES string of the molecule is CC(C(=O)NCC1(C)CCNCC1)c1cccnc1.Cl.Cl. The maximum atomic E-state index is 12.2. The summed E-state index contributed by atoms with van der Waals surface area (Å²) < 4.78 is 0. The van der Waals surface area contributed by atoms with E-state index >= 15 is 0 Å². The number of halogens is 2. The van der Waals surface area contributed by atoms with Crippen LogP contribution in [0.15, 0.2) is 24.5 Å². The zero-order chi connectivity index (χ0) is 13.7. The molecule has 120 valence electrons. The van der Waals surface area contributed by atoms with Gasteiger partial charge in [0.25, 0.3) is 0 Å². The number of aromatic nitrogens is 1. The van der Waals surface area contributed by atoms with E-state index in [1.54, 1.807) is 12.4 Å². The van der Waals surface area contributed by atoms with E-state index in [4.69, 9.17) is 0 Å². The van der Waals surface area contributed by atoms with Crippen LogP contribution in [0.1, 0.15) is 38.2 Å². The second-order valence-electron chi connectivity index (χ2n) is 5.79. The molecule has 0 bridgehead atoms. The molecule has 1 saturated heterocycles. The molecule has 1 amide bonds. The highest BCUT2D eigenvalue weighted by molar-refractivity contribution is 5.85. The van der Waals surface area contributed by atoms with Gasteiger partial charge in [-0.2, -0.15) is 0 Å². The minimum Gasteiger partial charge on any atom is -0.355 e. The quantitative estimate of drug-likeness (QED) is 0.890. The minimum absolute atomic E-state index is 0. The van der Waals surface area contributed by atoms with Crippen LogP contribution in [0.4, 0.5) is 0 Å². The first kappa shape index (κ1) is 20.2. The third-order valence-corrected chi connectivity index (χ3v) is 4.08. The smallest absolute Gasteiger partial charge is 0.227 e. The molecule has 0 radical (unpaired) electrons. The van der Waals surface area contributed by atoms with Crippen molar-refractivity contribution < 1.29 is 4.79 Å². The average molecular weight is 334 g/mol. The molecule has 1 unspecified atom stereocenters. The van der Waals surface area contributed by atoms with Gasteiger partial charge in [0.2, 0.25) is 5.91 Å². The molecular weight excluding hydrogens is 309 g/mol. The van der Waals surface area contributed by atoms with Crippen LogP contribution in [0.3, 0.4) is 0 Å². The Labute approximate surface area is 139 Å². The topological polar surface area (TPSA) is 54.0 Å². The Balaban J connectivity index is 0.00000200. The predicted molar refractivity (Wildman–Crippen MR) is 90.4 cm³/mol. The van der Waals surface area contributed by atoms with Crippen molar-refractivity contribution in [2.75, 3.05) is 19.6 Å². The molecule has 4 nitrogen and oxygen atoms in total. The molecule has 2 rings (SSSR count). The van der Waals surface area contributed by atoms with Gasteiger partial charge in [0.1, 0.15) is 0 Å². The van der Waals surface area contributed by atoms with E-state index in [-0.39, 0.29) is 42.1 Å². The van der Waals surface area contributed by atoms with Crippen LogP contribution in [-0.4, -0.2) is 30.5 Å². The van der Waals surface area contributed by atoms with Gasteiger partial charge >= 0.3 is 0 Å². The van der Waals surface area contributed by atoms with E-state index in [9.17, 15) is 4.79 Å². The van der Waals surface area contributed by atoms with Crippen molar-refractivity contribution in [1.29, 1.82) is 0 Å². The molecule has 2 N–H and O–H groups in total. The highest BCUT2D eigenvalue weighted by atomic mass is 35.5. The molecule has 0 saturated carbocycles. The van der Waals surface area contributed by atoms with Crippen molar-refractivity contribution in [3.05, 3.63) is 30.1 Å². The minimum atomic E-state index is -0.140. The Morgan fingerprint density at radius 2 is 2.10 bits per heavy atom. The second kappa shape index (κ2) is 9.23. The molecule has 0 aliphatic carbocycles. The van der Waals surface area contributed by atoms with Crippen molar-refractivity contribution >= 4 is 30.7 Å². The number of carbonyl (C=O) groups excluding carboxylic acids is 1. The summed E-state index contributed by atoms with van der Waals surface area (Å²) in [6.45, 7) is 7.03. The summed E-state index contributed by atoms with van der Waals surface area (Å²) in [5, 5.41) is 6.45. The lowest BCUT2D eigenvalue weighted by molar-refractivity contribution is -0.122. The number of piperidine rings is 1. The molecule has 1 atom stereocenters. The number of hydrogen-bond acceptors (Lipinski definition) is 3. The molecule has 1 aromatic heterocycles. The maximum absolute atomic E-state index is 12.2. The molecule has 21 heavy (non-hydrogen) atoms. The van der Waals surface area contributed by atoms with Gasteiger partial charge in [0.15, 0.2) is 0 Å². The van der Waals surface area contributed by atoms with Crippen LogP contribution >= 0.6 is 24.8 Å². The summed E-state index contributed by atoms with van der Waals surface area (Å²) in [6, 6.07) is 3.82. The highest BCUT2D eigenvalue weighted by Gasteiger charge is 2.27. The Hall–Kier alpha value is -0.840. The van der Waals surface area contributed by atoms with Crippen LogP contribution in [-0.2, 0) is 4.79 Å². The van der Waals surface area contributed by atoms with E-state index in [2.05, 4.69) is 22.5 Å². The molecule has 0 aromatic carbocycles. The van der Waals surface area contributed by atoms with Gasteiger partial charge in [-0.1, -0.05) is 13.0 Å². The summed E-state index contributed by atoms with van der Waals surface area (Å²) in [7, 11) is 0. The number of carbonyl (C=O) groups is 1. The first-order valence-electron chi connectivity index (χ1n) is 6.99. The van der Waals surface area contributed by atoms with Crippen molar-refractivity contribution in [1.82, 2.24) is 15.6 Å². The maximum Gasteiger partial charge on any atom is 0.227 e. The van der Waals surface area contributed by atoms with E-state index in [1.165, 1.54) is 0 Å². The summed E-state index contributed by atoms with van der Waals surface area (Å²) >= 11 is 0. The van der Waals surface area contributed by atoms with Crippen LogP contribution in [0.5, 0.6) is 0 Å². The number of rotatable bonds is 4. The number of nitrogens with zero attached hydrogens (tertiary/aromatic N) is 1. The van der Waals surface area contributed by atoms with Crippen LogP contribution in [0.2, 0.25) is 0 Å². The molecule has 6 heteroatoms. The van der Waals surface area contributed by atoms with E-state index in [1.807, 2.05) is 19.1 Å². The van der Waals surface area contributed by atoms with Crippen molar-refractivity contribution in [2.45, 2.75) is 32.6 Å². The zero-order valence-electron chi connectivity index (χ0n) is 12.6. The summed E-state index contributed by atoms with van der Waals surface area (Å²) in [5.74, 6) is -0.0493. The Morgan fingerprint density at radius 3 is 2.67 bits per heavy atom. The van der Waals surface area contributed by atoms with Crippen LogP contribution in [0.25, 0.3) is 0 Å². The van der Waals surface area contributed by atoms with Crippen molar-refractivity contribution in [3.8, 4) is 0 Å². The van der Waals surface area contributed by atoms with Crippen LogP contribution < -0.4 is 10.6 Å². The Morgan fingerprint density at radius 1 is 1.43 bits per heavy atom. The third kappa shape index (κ3) is 5.81. The monoisotopic (exact) mass is 333 g/mol. The molecule has 1 aliphatic heterocycles. The van der Waals surface area contributed by atoms with E-state index in [0.717, 1.165) is 38.0 Å². The van der Waals surface area contributed by atoms with Crippen molar-refractivity contribution in [2.24, 2.45) is 5.41 Å². The summed E-state index contributed by atoms with van der Waals surface area (Å²) in [5.41, 5.74) is 1.20. The Bertz CT molecular complexity index is 422. The number of pyridine rings is 1. The van der Waals surface area contributed by atoms with E-state index < -0.39 is 0 Å². The van der Waals surface area contributed by atoms with Gasteiger partial charge in [0.05, 0.1) is 5.92 Å². The summed E-state index contributed by atoms with van der Waals surface area (Å²) in [6.07, 6.45) is 5.73. The molecule has 1 aromatic rings. The average Bonchev–Trinajstić information content (AvgIpc) is 2.46. The van der Waals surface area contributed by atoms with Crippen molar-refractivity contribution in [3.63, 3.8) is 0 Å². The third-order valence-electron chi connectivity index (χ3n) is 4.08. The fourth-order valence-corrected chi connectivity index (χ4v) is 2.44.